The molecule has 2 aromatic heterocycles. The van der Waals surface area contributed by atoms with Crippen molar-refractivity contribution in [1.29, 1.82) is 0 Å². The Morgan fingerprint density at radius 3 is 2.44 bits per heavy atom. The van der Waals surface area contributed by atoms with Gasteiger partial charge < -0.3 is 9.80 Å². The minimum Gasteiger partial charge on any atom is -0.353 e. The summed E-state index contributed by atoms with van der Waals surface area (Å²) in [4.78, 5) is 33.0. The first-order valence-electron chi connectivity index (χ1n) is 8.41. The Labute approximate surface area is 145 Å². The van der Waals surface area contributed by atoms with Gasteiger partial charge in [0.05, 0.1) is 10.9 Å². The number of H-pyrrole nitrogens is 1. The summed E-state index contributed by atoms with van der Waals surface area (Å²) in [6, 6.07) is 9.43. The average Bonchev–Trinajstić information content (AvgIpc) is 2.61. The lowest BCUT2D eigenvalue weighted by Crippen LogP contribution is -2.47. The van der Waals surface area contributed by atoms with Crippen molar-refractivity contribution in [3.8, 4) is 0 Å². The number of piperazine rings is 1. The Kier molecular flexibility index (Phi) is 3.83. The number of hydrogen-bond acceptors (Lipinski definition) is 6. The van der Waals surface area contributed by atoms with Gasteiger partial charge in [-0.3, -0.25) is 9.78 Å². The number of nitrogens with zero attached hydrogens (tertiary/aromatic N) is 5. The number of rotatable bonds is 2. The molecule has 1 aromatic carbocycles. The van der Waals surface area contributed by atoms with E-state index in [2.05, 4.69) is 29.7 Å². The number of fused-ring (bicyclic) bond motifs is 1. The highest BCUT2D eigenvalue weighted by Gasteiger charge is 2.20. The highest BCUT2D eigenvalue weighted by atomic mass is 16.1. The summed E-state index contributed by atoms with van der Waals surface area (Å²) in [7, 11) is 0. The standard InChI is InChI=1S/C18H20N6O/c1-12-11-16(20-13(2)19-12)23-7-9-24(10-8-23)18-21-15-6-4-3-5-14(15)17(25)22-18/h3-6,11H,7-10H2,1-2H3,(H,21,22,25). The molecule has 0 aliphatic carbocycles. The summed E-state index contributed by atoms with van der Waals surface area (Å²) < 4.78 is 0. The molecule has 3 aromatic rings. The van der Waals surface area contributed by atoms with Gasteiger partial charge in [0.1, 0.15) is 11.6 Å². The molecule has 128 valence electrons. The van der Waals surface area contributed by atoms with Crippen LogP contribution >= 0.6 is 0 Å². The molecule has 1 fully saturated rings. The van der Waals surface area contributed by atoms with Gasteiger partial charge in [0, 0.05) is 37.9 Å². The lowest BCUT2D eigenvalue weighted by molar-refractivity contribution is 0.633. The summed E-state index contributed by atoms with van der Waals surface area (Å²) >= 11 is 0. The average molecular weight is 336 g/mol. The number of aromatic amines is 1. The van der Waals surface area contributed by atoms with E-state index in [9.17, 15) is 4.79 Å². The van der Waals surface area contributed by atoms with Gasteiger partial charge in [-0.2, -0.15) is 0 Å². The maximum absolute atomic E-state index is 12.3. The number of benzene rings is 1. The minimum absolute atomic E-state index is 0.0925. The molecule has 0 unspecified atom stereocenters. The third-order valence-corrected chi connectivity index (χ3v) is 4.46. The first kappa shape index (κ1) is 15.6. The number of para-hydroxylation sites is 1. The van der Waals surface area contributed by atoms with E-state index in [0.29, 0.717) is 11.3 Å². The molecular weight excluding hydrogens is 316 g/mol. The number of aromatic nitrogens is 4. The predicted molar refractivity (Wildman–Crippen MR) is 98.3 cm³/mol. The van der Waals surface area contributed by atoms with E-state index >= 15 is 0 Å². The molecule has 0 spiro atoms. The molecule has 0 amide bonds. The van der Waals surface area contributed by atoms with Gasteiger partial charge in [-0.25, -0.2) is 15.0 Å². The summed E-state index contributed by atoms with van der Waals surface area (Å²) in [5, 5.41) is 0.622. The fraction of sp³-hybridized carbons (Fsp3) is 0.333. The maximum Gasteiger partial charge on any atom is 0.260 e. The Hall–Kier alpha value is -2.96. The first-order valence-corrected chi connectivity index (χ1v) is 8.41. The van der Waals surface area contributed by atoms with Crippen LogP contribution in [-0.4, -0.2) is 46.1 Å². The first-order chi connectivity index (χ1) is 12.1. The number of hydrogen-bond donors (Lipinski definition) is 1. The largest absolute Gasteiger partial charge is 0.353 e. The van der Waals surface area contributed by atoms with Crippen molar-refractivity contribution >= 4 is 22.7 Å². The monoisotopic (exact) mass is 336 g/mol. The van der Waals surface area contributed by atoms with Crippen LogP contribution in [0.15, 0.2) is 35.1 Å². The smallest absolute Gasteiger partial charge is 0.260 e. The third kappa shape index (κ3) is 3.05. The molecule has 4 rings (SSSR count). The minimum atomic E-state index is -0.0925. The van der Waals surface area contributed by atoms with Crippen LogP contribution in [0.4, 0.5) is 11.8 Å². The second kappa shape index (κ2) is 6.16. The highest BCUT2D eigenvalue weighted by molar-refractivity contribution is 5.78. The molecule has 0 radical (unpaired) electrons. The van der Waals surface area contributed by atoms with Crippen LogP contribution in [0.2, 0.25) is 0 Å². The van der Waals surface area contributed by atoms with E-state index in [1.54, 1.807) is 6.07 Å². The molecule has 1 aliphatic heterocycles. The van der Waals surface area contributed by atoms with Gasteiger partial charge >= 0.3 is 0 Å². The van der Waals surface area contributed by atoms with Crippen molar-refractivity contribution < 1.29 is 0 Å². The van der Waals surface area contributed by atoms with Crippen molar-refractivity contribution in [3.63, 3.8) is 0 Å². The van der Waals surface area contributed by atoms with E-state index < -0.39 is 0 Å². The van der Waals surface area contributed by atoms with E-state index in [-0.39, 0.29) is 5.56 Å². The van der Waals surface area contributed by atoms with Crippen molar-refractivity contribution in [2.24, 2.45) is 0 Å². The van der Waals surface area contributed by atoms with Crippen molar-refractivity contribution in [2.75, 3.05) is 36.0 Å². The molecule has 7 heteroatoms. The third-order valence-electron chi connectivity index (χ3n) is 4.46. The lowest BCUT2D eigenvalue weighted by atomic mass is 10.2. The van der Waals surface area contributed by atoms with Crippen LogP contribution in [0.1, 0.15) is 11.5 Å². The molecular formula is C18H20N6O. The molecule has 3 heterocycles. The maximum atomic E-state index is 12.3. The SMILES string of the molecule is Cc1cc(N2CCN(c3nc4ccccc4c(=O)[nH]3)CC2)nc(C)n1. The number of anilines is 2. The van der Waals surface area contributed by atoms with Crippen LogP contribution in [-0.2, 0) is 0 Å². The van der Waals surface area contributed by atoms with Gasteiger partial charge in [-0.15, -0.1) is 0 Å². The lowest BCUT2D eigenvalue weighted by Gasteiger charge is -2.35. The van der Waals surface area contributed by atoms with Crippen molar-refractivity contribution in [1.82, 2.24) is 19.9 Å². The zero-order valence-electron chi connectivity index (χ0n) is 14.4. The van der Waals surface area contributed by atoms with E-state index in [4.69, 9.17) is 0 Å². The number of aryl methyl sites for hydroxylation is 2. The quantitative estimate of drug-likeness (QED) is 0.767. The molecule has 7 nitrogen and oxygen atoms in total. The molecule has 1 N–H and O–H groups in total. The van der Waals surface area contributed by atoms with Gasteiger partial charge in [-0.1, -0.05) is 12.1 Å². The topological polar surface area (TPSA) is 78.0 Å². The molecule has 0 bridgehead atoms. The van der Waals surface area contributed by atoms with Gasteiger partial charge in [0.2, 0.25) is 5.95 Å². The van der Waals surface area contributed by atoms with E-state index in [0.717, 1.165) is 49.0 Å². The van der Waals surface area contributed by atoms with Gasteiger partial charge in [0.15, 0.2) is 0 Å². The van der Waals surface area contributed by atoms with Crippen LogP contribution in [0, 0.1) is 13.8 Å². The summed E-state index contributed by atoms with van der Waals surface area (Å²) in [6.07, 6.45) is 0. The van der Waals surface area contributed by atoms with E-state index in [1.807, 2.05) is 38.1 Å². The summed E-state index contributed by atoms with van der Waals surface area (Å²) in [5.74, 6) is 2.39. The molecule has 1 aliphatic rings. The Morgan fingerprint density at radius 2 is 1.68 bits per heavy atom. The Morgan fingerprint density at radius 1 is 0.960 bits per heavy atom. The van der Waals surface area contributed by atoms with E-state index in [1.165, 1.54) is 0 Å². The fourth-order valence-corrected chi connectivity index (χ4v) is 3.23. The normalized spacial score (nSPS) is 15.0. The second-order valence-corrected chi connectivity index (χ2v) is 6.30. The molecule has 0 saturated carbocycles. The van der Waals surface area contributed by atoms with Crippen LogP contribution < -0.4 is 15.4 Å². The zero-order chi connectivity index (χ0) is 17.4. The predicted octanol–water partition coefficient (Wildman–Crippen LogP) is 1.66. The number of nitrogens with one attached hydrogen (secondary N) is 1. The molecule has 1 saturated heterocycles. The summed E-state index contributed by atoms with van der Waals surface area (Å²) in [6.45, 7) is 7.11. The van der Waals surface area contributed by atoms with Crippen LogP contribution in [0.25, 0.3) is 10.9 Å². The zero-order valence-corrected chi connectivity index (χ0v) is 14.4. The van der Waals surface area contributed by atoms with Crippen molar-refractivity contribution in [2.45, 2.75) is 13.8 Å². The van der Waals surface area contributed by atoms with Gasteiger partial charge in [-0.05, 0) is 26.0 Å². The molecule has 25 heavy (non-hydrogen) atoms. The highest BCUT2D eigenvalue weighted by Crippen LogP contribution is 2.18. The second-order valence-electron chi connectivity index (χ2n) is 6.30. The Bertz CT molecular complexity index is 954. The fourth-order valence-electron chi connectivity index (χ4n) is 3.23. The summed E-state index contributed by atoms with van der Waals surface area (Å²) in [5.41, 5.74) is 1.61. The Balaban J connectivity index is 1.55. The van der Waals surface area contributed by atoms with Gasteiger partial charge in [0.25, 0.3) is 5.56 Å². The molecule has 0 atom stereocenters. The van der Waals surface area contributed by atoms with Crippen LogP contribution in [0.5, 0.6) is 0 Å². The van der Waals surface area contributed by atoms with Crippen molar-refractivity contribution in [3.05, 3.63) is 52.2 Å². The van der Waals surface area contributed by atoms with Crippen LogP contribution in [0.3, 0.4) is 0 Å².